The quantitative estimate of drug-likeness (QED) is 0.410. The molecule has 0 spiro atoms. The fraction of sp³-hybridized carbons (Fsp3) is 1.00. The summed E-state index contributed by atoms with van der Waals surface area (Å²) in [4.78, 5) is 16.5. The van der Waals surface area contributed by atoms with Gasteiger partial charge in [-0.3, -0.25) is 4.57 Å². The van der Waals surface area contributed by atoms with E-state index in [2.05, 4.69) is 0 Å². The van der Waals surface area contributed by atoms with Gasteiger partial charge in [0.25, 0.3) is 0 Å². The number of hydrogen-bond donors (Lipinski definition) is 3. The summed E-state index contributed by atoms with van der Waals surface area (Å²) in [5.41, 5.74) is 0. The van der Waals surface area contributed by atoms with E-state index >= 15 is 0 Å². The second-order valence-electron chi connectivity index (χ2n) is 1.68. The van der Waals surface area contributed by atoms with Crippen molar-refractivity contribution in [2.24, 2.45) is 0 Å². The van der Waals surface area contributed by atoms with Crippen molar-refractivity contribution in [2.45, 2.75) is 18.1 Å². The van der Waals surface area contributed by atoms with Crippen LogP contribution in [0.5, 0.6) is 0 Å². The number of aliphatic hydroxyl groups excluding tert-OH is 1. The van der Waals surface area contributed by atoms with Crippen LogP contribution in [0.3, 0.4) is 0 Å². The van der Waals surface area contributed by atoms with Crippen LogP contribution in [0.25, 0.3) is 0 Å². The average Bonchev–Trinajstić information content (AvgIpc) is 1.62. The molecule has 0 aromatic rings. The topological polar surface area (TPSA) is 77.8 Å². The molecule has 2 atom stereocenters. The van der Waals surface area contributed by atoms with E-state index in [0.29, 0.717) is 0 Å². The van der Waals surface area contributed by atoms with Crippen molar-refractivity contribution in [3.63, 3.8) is 0 Å². The van der Waals surface area contributed by atoms with Crippen molar-refractivity contribution < 1.29 is 19.5 Å². The van der Waals surface area contributed by atoms with E-state index in [1.165, 1.54) is 6.92 Å². The predicted molar refractivity (Wildman–Crippen MR) is 33.4 cm³/mol. The number of hydrogen-bond acceptors (Lipinski definition) is 2. The van der Waals surface area contributed by atoms with E-state index in [-0.39, 0.29) is 0 Å². The molecule has 0 heterocycles. The number of aliphatic hydroxyl groups is 1. The highest BCUT2D eigenvalue weighted by molar-refractivity contribution is 7.52. The van der Waals surface area contributed by atoms with Crippen LogP contribution in [0.4, 0.5) is 0 Å². The highest BCUT2D eigenvalue weighted by atomic mass is 35.5. The van der Waals surface area contributed by atoms with Gasteiger partial charge < -0.3 is 14.9 Å². The Hall–Kier alpha value is 0.400. The minimum atomic E-state index is -4.39. The third kappa shape index (κ3) is 3.18. The Labute approximate surface area is 57.6 Å². The summed E-state index contributed by atoms with van der Waals surface area (Å²) in [6.07, 6.45) is 0. The molecule has 0 amide bonds. The summed E-state index contributed by atoms with van der Waals surface area (Å²) in [6.45, 7) is 1.31. The predicted octanol–water partition coefficient (Wildman–Crippen LogP) is 0.110. The molecule has 0 aromatic heterocycles. The van der Waals surface area contributed by atoms with Crippen LogP contribution >= 0.6 is 19.2 Å². The van der Waals surface area contributed by atoms with Gasteiger partial charge >= 0.3 is 7.60 Å². The fourth-order valence-electron chi connectivity index (χ4n) is 0.268. The van der Waals surface area contributed by atoms with Crippen molar-refractivity contribution in [3.8, 4) is 0 Å². The second kappa shape index (κ2) is 2.99. The van der Waals surface area contributed by atoms with E-state index in [1.807, 2.05) is 0 Å². The van der Waals surface area contributed by atoms with Gasteiger partial charge in [0.1, 0.15) is 0 Å². The van der Waals surface area contributed by atoms with E-state index in [0.717, 1.165) is 0 Å². The van der Waals surface area contributed by atoms with Crippen molar-refractivity contribution in [1.29, 1.82) is 0 Å². The molecule has 6 heteroatoms. The molecule has 0 bridgehead atoms. The molecule has 0 aromatic carbocycles. The Morgan fingerprint density at radius 3 is 1.89 bits per heavy atom. The lowest BCUT2D eigenvalue weighted by atomic mass is 10.5. The van der Waals surface area contributed by atoms with Crippen molar-refractivity contribution >= 4 is 19.2 Å². The molecule has 0 radical (unpaired) electrons. The number of rotatable bonds is 2. The first-order valence-electron chi connectivity index (χ1n) is 2.23. The zero-order valence-corrected chi connectivity index (χ0v) is 6.38. The normalized spacial score (nSPS) is 19.2. The smallest absolute Gasteiger partial charge is 0.355 e. The van der Waals surface area contributed by atoms with E-state index in [1.54, 1.807) is 0 Å². The maximum absolute atomic E-state index is 10.1. The SMILES string of the molecule is CC(Cl)C(O)P(=O)(O)O. The lowest BCUT2D eigenvalue weighted by Crippen LogP contribution is -2.17. The van der Waals surface area contributed by atoms with Crippen LogP contribution in [0.1, 0.15) is 6.92 Å². The summed E-state index contributed by atoms with van der Waals surface area (Å²) in [6, 6.07) is 0. The summed E-state index contributed by atoms with van der Waals surface area (Å²) in [5, 5.41) is 7.64. The van der Waals surface area contributed by atoms with Crippen LogP contribution in [-0.4, -0.2) is 26.1 Å². The largest absolute Gasteiger partial charge is 0.379 e. The lowest BCUT2D eigenvalue weighted by Gasteiger charge is -2.13. The Balaban J connectivity index is 4.05. The van der Waals surface area contributed by atoms with Crippen LogP contribution in [0.2, 0.25) is 0 Å². The van der Waals surface area contributed by atoms with Gasteiger partial charge in [-0.25, -0.2) is 0 Å². The van der Waals surface area contributed by atoms with Crippen molar-refractivity contribution in [3.05, 3.63) is 0 Å². The van der Waals surface area contributed by atoms with Gasteiger partial charge in [-0.2, -0.15) is 0 Å². The molecule has 0 aliphatic carbocycles. The summed E-state index contributed by atoms with van der Waals surface area (Å²) < 4.78 is 10.1. The Bertz CT molecular complexity index is 130. The molecule has 0 rings (SSSR count). The second-order valence-corrected chi connectivity index (χ2v) is 4.08. The van der Waals surface area contributed by atoms with Crippen molar-refractivity contribution in [1.82, 2.24) is 0 Å². The monoisotopic (exact) mass is 174 g/mol. The molecule has 0 aliphatic heterocycles. The molecule has 0 saturated carbocycles. The number of alkyl halides is 1. The van der Waals surface area contributed by atoms with Crippen LogP contribution in [-0.2, 0) is 4.57 Å². The van der Waals surface area contributed by atoms with Gasteiger partial charge in [-0.05, 0) is 6.92 Å². The minimum Gasteiger partial charge on any atom is -0.379 e. The zero-order valence-electron chi connectivity index (χ0n) is 4.73. The molecule has 9 heavy (non-hydrogen) atoms. The third-order valence-electron chi connectivity index (χ3n) is 0.755. The molecular formula is C3H8ClO4P. The van der Waals surface area contributed by atoms with E-state index in [9.17, 15) is 4.57 Å². The number of halogens is 1. The third-order valence-corrected chi connectivity index (χ3v) is 2.31. The summed E-state index contributed by atoms with van der Waals surface area (Å²) in [5.74, 6) is -1.75. The van der Waals surface area contributed by atoms with E-state index in [4.69, 9.17) is 26.5 Å². The molecule has 0 saturated heterocycles. The van der Waals surface area contributed by atoms with Crippen molar-refractivity contribution in [2.75, 3.05) is 0 Å². The maximum atomic E-state index is 10.1. The molecular weight excluding hydrogens is 166 g/mol. The van der Waals surface area contributed by atoms with Gasteiger partial charge in [0.15, 0.2) is 5.85 Å². The van der Waals surface area contributed by atoms with E-state index < -0.39 is 18.8 Å². The fourth-order valence-corrected chi connectivity index (χ4v) is 1.24. The molecule has 3 N–H and O–H groups in total. The standard InChI is InChI=1S/C3H8ClO4P/c1-2(4)3(5)9(6,7)8/h2-3,5H,1H3,(H2,6,7,8). The molecule has 0 aliphatic rings. The first-order chi connectivity index (χ1) is 3.85. The molecule has 0 fully saturated rings. The highest BCUT2D eigenvalue weighted by Gasteiger charge is 2.30. The van der Waals surface area contributed by atoms with Crippen LogP contribution < -0.4 is 0 Å². The average molecular weight is 175 g/mol. The Morgan fingerprint density at radius 2 is 1.89 bits per heavy atom. The van der Waals surface area contributed by atoms with Gasteiger partial charge in [-0.15, -0.1) is 11.6 Å². The maximum Gasteiger partial charge on any atom is 0.355 e. The molecule has 2 unspecified atom stereocenters. The first-order valence-corrected chi connectivity index (χ1v) is 4.35. The lowest BCUT2D eigenvalue weighted by molar-refractivity contribution is 0.201. The summed E-state index contributed by atoms with van der Waals surface area (Å²) >= 11 is 5.17. The Kier molecular flexibility index (Phi) is 3.12. The van der Waals surface area contributed by atoms with Crippen LogP contribution in [0, 0.1) is 0 Å². The highest BCUT2D eigenvalue weighted by Crippen LogP contribution is 2.42. The van der Waals surface area contributed by atoms with Gasteiger partial charge in [0.05, 0.1) is 5.38 Å². The first kappa shape index (κ1) is 9.40. The minimum absolute atomic E-state index is 0.925. The van der Waals surface area contributed by atoms with Gasteiger partial charge in [-0.1, -0.05) is 0 Å². The molecule has 4 nitrogen and oxygen atoms in total. The van der Waals surface area contributed by atoms with Crippen LogP contribution in [0.15, 0.2) is 0 Å². The van der Waals surface area contributed by atoms with Gasteiger partial charge in [0.2, 0.25) is 0 Å². The molecule has 56 valence electrons. The Morgan fingerprint density at radius 1 is 1.56 bits per heavy atom. The van der Waals surface area contributed by atoms with Gasteiger partial charge in [0, 0.05) is 0 Å². The summed E-state index contributed by atoms with van der Waals surface area (Å²) in [7, 11) is -4.39. The zero-order chi connectivity index (χ0) is 7.65.